The molecule has 4 aromatic carbocycles. The van der Waals surface area contributed by atoms with E-state index >= 15 is 0 Å². The van der Waals surface area contributed by atoms with E-state index in [-0.39, 0.29) is 6.04 Å². The summed E-state index contributed by atoms with van der Waals surface area (Å²) in [5.74, 6) is 1.33. The fraction of sp³-hybridized carbons (Fsp3) is 0.152. The maximum Gasteiger partial charge on any atom is 0.173 e. The Morgan fingerprint density at radius 1 is 0.625 bits per heavy atom. The van der Waals surface area contributed by atoms with Crippen molar-refractivity contribution in [1.82, 2.24) is 14.9 Å². The third kappa shape index (κ3) is 5.46. The predicted molar refractivity (Wildman–Crippen MR) is 164 cm³/mol. The number of hydrogen-bond acceptors (Lipinski definition) is 7. The minimum absolute atomic E-state index is 0.204. The topological polar surface area (TPSA) is 73.5 Å². The second-order valence-electron chi connectivity index (χ2n) is 9.82. The van der Waals surface area contributed by atoms with Gasteiger partial charge in [-0.1, -0.05) is 97.1 Å². The van der Waals surface area contributed by atoms with E-state index in [1.54, 1.807) is 6.33 Å². The summed E-state index contributed by atoms with van der Waals surface area (Å²) in [6.45, 7) is 3.41. The largest absolute Gasteiger partial charge is 0.393 e. The average Bonchev–Trinajstić information content (AvgIpc) is 3.03. The van der Waals surface area contributed by atoms with Crippen molar-refractivity contribution in [1.29, 1.82) is 0 Å². The quantitative estimate of drug-likeness (QED) is 0.235. The van der Waals surface area contributed by atoms with Crippen LogP contribution in [-0.4, -0.2) is 41.0 Å². The number of hydrazine groups is 1. The predicted octanol–water partition coefficient (Wildman–Crippen LogP) is 6.14. The van der Waals surface area contributed by atoms with Crippen LogP contribution in [0.4, 0.5) is 28.7 Å². The molecule has 7 nitrogen and oxygen atoms in total. The molecule has 0 amide bonds. The van der Waals surface area contributed by atoms with Crippen LogP contribution in [0.3, 0.4) is 0 Å². The molecule has 0 unspecified atom stereocenters. The zero-order valence-electron chi connectivity index (χ0n) is 22.3. The van der Waals surface area contributed by atoms with E-state index in [1.807, 2.05) is 65.7 Å². The van der Waals surface area contributed by atoms with Crippen molar-refractivity contribution in [3.05, 3.63) is 139 Å². The Bertz CT molecular complexity index is 1410. The Hall–Kier alpha value is -4.88. The van der Waals surface area contributed by atoms with E-state index in [4.69, 9.17) is 5.73 Å². The van der Waals surface area contributed by atoms with E-state index in [2.05, 4.69) is 85.9 Å². The first kappa shape index (κ1) is 25.4. The van der Waals surface area contributed by atoms with Crippen molar-refractivity contribution in [2.75, 3.05) is 47.2 Å². The normalized spacial score (nSPS) is 13.8. The number of nitrogens with two attached hydrogens (primary N) is 1. The van der Waals surface area contributed by atoms with Crippen LogP contribution in [0, 0.1) is 0 Å². The molecule has 40 heavy (non-hydrogen) atoms. The molecule has 1 fully saturated rings. The van der Waals surface area contributed by atoms with Crippen LogP contribution < -0.4 is 21.1 Å². The van der Waals surface area contributed by atoms with Crippen LogP contribution in [0.5, 0.6) is 0 Å². The highest BCUT2D eigenvalue weighted by Gasteiger charge is 2.28. The Labute approximate surface area is 235 Å². The summed E-state index contributed by atoms with van der Waals surface area (Å²) in [5, 5.41) is 1.99. The number of nitrogen functional groups attached to an aromatic ring is 1. The monoisotopic (exact) mass is 527 g/mol. The molecule has 0 radical (unpaired) electrons. The second-order valence-corrected chi connectivity index (χ2v) is 9.82. The van der Waals surface area contributed by atoms with Crippen molar-refractivity contribution in [3.63, 3.8) is 0 Å². The van der Waals surface area contributed by atoms with Crippen molar-refractivity contribution >= 4 is 28.7 Å². The number of nitrogens with zero attached hydrogens (tertiary/aromatic N) is 5. The summed E-state index contributed by atoms with van der Waals surface area (Å²) in [6, 6.07) is 41.9. The van der Waals surface area contributed by atoms with Gasteiger partial charge in [-0.25, -0.2) is 9.97 Å². The summed E-state index contributed by atoms with van der Waals surface area (Å²) in [7, 11) is 0. The number of rotatable bonds is 8. The molecule has 1 aliphatic rings. The number of aromatic nitrogens is 2. The molecule has 3 N–H and O–H groups in total. The van der Waals surface area contributed by atoms with Gasteiger partial charge in [0, 0.05) is 26.2 Å². The highest BCUT2D eigenvalue weighted by molar-refractivity contribution is 5.78. The third-order valence-corrected chi connectivity index (χ3v) is 7.32. The van der Waals surface area contributed by atoms with Crippen LogP contribution in [-0.2, 0) is 0 Å². The smallest absolute Gasteiger partial charge is 0.173 e. The third-order valence-electron chi connectivity index (χ3n) is 7.32. The molecule has 0 atom stereocenters. The molecule has 5 aromatic rings. The molecule has 1 aliphatic heterocycles. The number of piperazine rings is 1. The highest BCUT2D eigenvalue weighted by Crippen LogP contribution is 2.33. The van der Waals surface area contributed by atoms with Crippen LogP contribution in [0.1, 0.15) is 17.2 Å². The van der Waals surface area contributed by atoms with Gasteiger partial charge in [0.1, 0.15) is 12.0 Å². The fourth-order valence-corrected chi connectivity index (χ4v) is 5.34. The average molecular weight is 528 g/mol. The van der Waals surface area contributed by atoms with Crippen LogP contribution in [0.2, 0.25) is 0 Å². The molecule has 0 bridgehead atoms. The number of hydrogen-bond donors (Lipinski definition) is 2. The lowest BCUT2D eigenvalue weighted by Gasteiger charge is -2.40. The van der Waals surface area contributed by atoms with Crippen molar-refractivity contribution < 1.29 is 0 Å². The molecular formula is C33H33N7. The van der Waals surface area contributed by atoms with E-state index in [0.717, 1.165) is 43.4 Å². The maximum absolute atomic E-state index is 6.73. The first-order chi connectivity index (χ1) is 19.8. The van der Waals surface area contributed by atoms with Gasteiger partial charge in [-0.15, -0.1) is 0 Å². The van der Waals surface area contributed by atoms with Gasteiger partial charge >= 0.3 is 0 Å². The van der Waals surface area contributed by atoms with Gasteiger partial charge in [0.25, 0.3) is 0 Å². The second kappa shape index (κ2) is 11.9. The lowest BCUT2D eigenvalue weighted by Crippen LogP contribution is -2.48. The van der Waals surface area contributed by atoms with Gasteiger partial charge in [-0.3, -0.25) is 15.3 Å². The van der Waals surface area contributed by atoms with E-state index in [0.29, 0.717) is 11.5 Å². The minimum Gasteiger partial charge on any atom is -0.393 e. The molecule has 6 rings (SSSR count). The SMILES string of the molecule is Nc1c(NN(c2ccccc2)c2ccccc2)ncnc1N1CCN(C(c2ccccc2)c2ccccc2)CC1. The van der Waals surface area contributed by atoms with E-state index < -0.39 is 0 Å². The standard InChI is InChI=1S/C33H33N7/c34-30-32(37-40(28-17-9-3-10-18-28)29-19-11-4-12-20-29)35-25-36-33(30)39-23-21-38(22-24-39)31(26-13-5-1-6-14-26)27-15-7-2-8-16-27/h1-20,25,31H,21-24,34H2,(H,35,36,37). The number of para-hydroxylation sites is 2. The lowest BCUT2D eigenvalue weighted by atomic mass is 9.96. The molecule has 200 valence electrons. The minimum atomic E-state index is 0.204. The molecule has 0 aliphatic carbocycles. The molecule has 1 aromatic heterocycles. The van der Waals surface area contributed by atoms with Gasteiger partial charge in [-0.05, 0) is 35.4 Å². The van der Waals surface area contributed by atoms with E-state index in [1.165, 1.54) is 11.1 Å². The van der Waals surface area contributed by atoms with Gasteiger partial charge in [0.15, 0.2) is 11.6 Å². The fourth-order valence-electron chi connectivity index (χ4n) is 5.34. The summed E-state index contributed by atoms with van der Waals surface area (Å²) < 4.78 is 0. The zero-order chi connectivity index (χ0) is 27.1. The molecular weight excluding hydrogens is 494 g/mol. The van der Waals surface area contributed by atoms with Crippen molar-refractivity contribution in [3.8, 4) is 0 Å². The molecule has 7 heteroatoms. The Morgan fingerprint density at radius 2 is 1.10 bits per heavy atom. The molecule has 2 heterocycles. The number of benzene rings is 4. The van der Waals surface area contributed by atoms with Gasteiger partial charge in [0.05, 0.1) is 17.4 Å². The van der Waals surface area contributed by atoms with Gasteiger partial charge in [0.2, 0.25) is 0 Å². The van der Waals surface area contributed by atoms with Gasteiger partial charge < -0.3 is 10.6 Å². The van der Waals surface area contributed by atoms with Crippen molar-refractivity contribution in [2.24, 2.45) is 0 Å². The lowest BCUT2D eigenvalue weighted by molar-refractivity contribution is 0.212. The highest BCUT2D eigenvalue weighted by atomic mass is 15.5. The summed E-state index contributed by atoms with van der Waals surface area (Å²) in [5.41, 5.74) is 15.3. The number of anilines is 5. The number of nitrogens with one attached hydrogen (secondary N) is 1. The maximum atomic E-state index is 6.73. The van der Waals surface area contributed by atoms with Crippen LogP contribution >= 0.6 is 0 Å². The summed E-state index contributed by atoms with van der Waals surface area (Å²) in [4.78, 5) is 13.9. The first-order valence-electron chi connectivity index (χ1n) is 13.6. The summed E-state index contributed by atoms with van der Waals surface area (Å²) >= 11 is 0. The van der Waals surface area contributed by atoms with Crippen molar-refractivity contribution in [2.45, 2.75) is 6.04 Å². The molecule has 1 saturated heterocycles. The summed E-state index contributed by atoms with van der Waals surface area (Å²) in [6.07, 6.45) is 1.59. The Kier molecular flexibility index (Phi) is 7.55. The Balaban J connectivity index is 1.22. The van der Waals surface area contributed by atoms with E-state index in [9.17, 15) is 0 Å². The van der Waals surface area contributed by atoms with Gasteiger partial charge in [-0.2, -0.15) is 0 Å². The molecule has 0 saturated carbocycles. The van der Waals surface area contributed by atoms with Crippen LogP contribution in [0.25, 0.3) is 0 Å². The molecule has 0 spiro atoms. The zero-order valence-corrected chi connectivity index (χ0v) is 22.3. The van der Waals surface area contributed by atoms with Crippen LogP contribution in [0.15, 0.2) is 128 Å². The Morgan fingerprint density at radius 3 is 1.60 bits per heavy atom. The first-order valence-corrected chi connectivity index (χ1v) is 13.6.